The third kappa shape index (κ3) is 2.33. The molecule has 0 aliphatic carbocycles. The molecule has 8 nitrogen and oxygen atoms in total. The molecule has 0 saturated carbocycles. The number of nitrogens with zero attached hydrogens (tertiary/aromatic N) is 1. The summed E-state index contributed by atoms with van der Waals surface area (Å²) in [4.78, 5) is 52.5. The van der Waals surface area contributed by atoms with Crippen LogP contribution in [0.4, 0.5) is 5.69 Å². The summed E-state index contributed by atoms with van der Waals surface area (Å²) in [7, 11) is 0. The molecule has 8 heteroatoms. The zero-order valence-electron chi connectivity index (χ0n) is 16.0. The van der Waals surface area contributed by atoms with Crippen molar-refractivity contribution < 1.29 is 19.2 Å². The summed E-state index contributed by atoms with van der Waals surface area (Å²) in [6.45, 7) is 4.18. The number of carbonyl (C=O) groups excluding carboxylic acids is 4. The number of imide groups is 1. The SMILES string of the molecule is CCCCN1C(=O)C2C(CC(N)=O)NC3(C(=O)Nc4c(C)cccc43)C2C1=O. The molecular weight excluding hydrogens is 360 g/mol. The molecule has 1 aromatic carbocycles. The van der Waals surface area contributed by atoms with E-state index in [4.69, 9.17) is 5.73 Å². The number of hydrogen-bond donors (Lipinski definition) is 3. The summed E-state index contributed by atoms with van der Waals surface area (Å²) in [5, 5.41) is 6.07. The van der Waals surface area contributed by atoms with Crippen LogP contribution in [0.1, 0.15) is 37.3 Å². The van der Waals surface area contributed by atoms with Crippen molar-refractivity contribution in [1.82, 2.24) is 10.2 Å². The Morgan fingerprint density at radius 2 is 2.00 bits per heavy atom. The number of likely N-dealkylation sites (tertiary alicyclic amines) is 1. The summed E-state index contributed by atoms with van der Waals surface area (Å²) in [6.07, 6.45) is 1.42. The van der Waals surface area contributed by atoms with Crippen molar-refractivity contribution in [2.24, 2.45) is 17.6 Å². The molecule has 3 aliphatic heterocycles. The zero-order chi connectivity index (χ0) is 20.2. The number of primary amides is 1. The van der Waals surface area contributed by atoms with Gasteiger partial charge in [0, 0.05) is 30.3 Å². The van der Waals surface area contributed by atoms with Gasteiger partial charge in [0.2, 0.25) is 23.6 Å². The smallest absolute Gasteiger partial charge is 0.250 e. The van der Waals surface area contributed by atoms with Crippen molar-refractivity contribution in [3.63, 3.8) is 0 Å². The number of aryl methyl sites for hydroxylation is 1. The van der Waals surface area contributed by atoms with E-state index in [2.05, 4.69) is 10.6 Å². The van der Waals surface area contributed by atoms with E-state index in [0.717, 1.165) is 12.0 Å². The van der Waals surface area contributed by atoms with Gasteiger partial charge in [-0.15, -0.1) is 0 Å². The zero-order valence-corrected chi connectivity index (χ0v) is 16.0. The number of nitrogens with one attached hydrogen (secondary N) is 2. The minimum absolute atomic E-state index is 0.113. The van der Waals surface area contributed by atoms with E-state index in [1.54, 1.807) is 6.07 Å². The average molecular weight is 384 g/mol. The van der Waals surface area contributed by atoms with E-state index >= 15 is 0 Å². The Balaban J connectivity index is 1.85. The van der Waals surface area contributed by atoms with Crippen LogP contribution < -0.4 is 16.4 Å². The van der Waals surface area contributed by atoms with Crippen molar-refractivity contribution in [2.45, 2.75) is 44.7 Å². The highest BCUT2D eigenvalue weighted by molar-refractivity contribution is 6.15. The third-order valence-electron chi connectivity index (χ3n) is 6.21. The Morgan fingerprint density at radius 1 is 1.25 bits per heavy atom. The summed E-state index contributed by atoms with van der Waals surface area (Å²) in [5.41, 5.74) is 6.22. The molecule has 4 amide bonds. The van der Waals surface area contributed by atoms with E-state index in [-0.39, 0.29) is 24.1 Å². The molecule has 3 aliphatic rings. The van der Waals surface area contributed by atoms with Crippen molar-refractivity contribution in [2.75, 3.05) is 11.9 Å². The third-order valence-corrected chi connectivity index (χ3v) is 6.21. The topological polar surface area (TPSA) is 122 Å². The molecule has 4 atom stereocenters. The summed E-state index contributed by atoms with van der Waals surface area (Å²) in [6, 6.07) is 4.83. The van der Waals surface area contributed by atoms with Gasteiger partial charge in [0.05, 0.1) is 11.8 Å². The van der Waals surface area contributed by atoms with Crippen LogP contribution >= 0.6 is 0 Å². The summed E-state index contributed by atoms with van der Waals surface area (Å²) < 4.78 is 0. The van der Waals surface area contributed by atoms with Crippen LogP contribution in [0.3, 0.4) is 0 Å². The molecule has 2 fully saturated rings. The predicted molar refractivity (Wildman–Crippen MR) is 101 cm³/mol. The number of hydrogen-bond acceptors (Lipinski definition) is 5. The first kappa shape index (κ1) is 18.6. The lowest BCUT2D eigenvalue weighted by atomic mass is 9.76. The Morgan fingerprint density at radius 3 is 2.68 bits per heavy atom. The van der Waals surface area contributed by atoms with Crippen LogP contribution in [0.25, 0.3) is 0 Å². The fraction of sp³-hybridized carbons (Fsp3) is 0.500. The molecule has 0 bridgehead atoms. The number of benzene rings is 1. The Labute approximate surface area is 162 Å². The van der Waals surface area contributed by atoms with E-state index in [1.165, 1.54) is 4.90 Å². The minimum Gasteiger partial charge on any atom is -0.370 e. The number of para-hydroxylation sites is 1. The van der Waals surface area contributed by atoms with Crippen molar-refractivity contribution >= 4 is 29.3 Å². The lowest BCUT2D eigenvalue weighted by Gasteiger charge is -2.29. The van der Waals surface area contributed by atoms with Gasteiger partial charge in [-0.2, -0.15) is 0 Å². The van der Waals surface area contributed by atoms with Crippen molar-refractivity contribution in [3.05, 3.63) is 29.3 Å². The first-order chi connectivity index (χ1) is 13.3. The normalized spacial score (nSPS) is 30.7. The van der Waals surface area contributed by atoms with Crippen LogP contribution in [0.2, 0.25) is 0 Å². The molecule has 148 valence electrons. The number of unbranched alkanes of at least 4 members (excludes halogenated alkanes) is 1. The summed E-state index contributed by atoms with van der Waals surface area (Å²) >= 11 is 0. The molecular formula is C20H24N4O4. The van der Waals surface area contributed by atoms with E-state index in [1.807, 2.05) is 26.0 Å². The molecule has 0 aromatic heterocycles. The number of nitrogens with two attached hydrogens (primary N) is 1. The molecule has 4 N–H and O–H groups in total. The van der Waals surface area contributed by atoms with Crippen molar-refractivity contribution in [3.8, 4) is 0 Å². The largest absolute Gasteiger partial charge is 0.370 e. The second-order valence-corrected chi connectivity index (χ2v) is 7.87. The van der Waals surface area contributed by atoms with Gasteiger partial charge < -0.3 is 11.1 Å². The first-order valence-electron chi connectivity index (χ1n) is 9.65. The molecule has 2 saturated heterocycles. The van der Waals surface area contributed by atoms with Gasteiger partial charge in [0.25, 0.3) is 0 Å². The Hall–Kier alpha value is -2.74. The van der Waals surface area contributed by atoms with Crippen LogP contribution in [0.5, 0.6) is 0 Å². The van der Waals surface area contributed by atoms with Crippen LogP contribution in [-0.2, 0) is 24.7 Å². The second-order valence-electron chi connectivity index (χ2n) is 7.87. The lowest BCUT2D eigenvalue weighted by Crippen LogP contribution is -2.53. The van der Waals surface area contributed by atoms with Gasteiger partial charge in [-0.1, -0.05) is 31.5 Å². The lowest BCUT2D eigenvalue weighted by molar-refractivity contribution is -0.142. The van der Waals surface area contributed by atoms with Gasteiger partial charge in [0.1, 0.15) is 5.54 Å². The Bertz CT molecular complexity index is 898. The van der Waals surface area contributed by atoms with Gasteiger partial charge in [-0.3, -0.25) is 29.4 Å². The highest BCUT2D eigenvalue weighted by Gasteiger charge is 2.70. The Kier molecular flexibility index (Phi) is 4.26. The maximum atomic E-state index is 13.3. The molecule has 1 spiro atoms. The highest BCUT2D eigenvalue weighted by Crippen LogP contribution is 2.53. The van der Waals surface area contributed by atoms with Gasteiger partial charge in [0.15, 0.2) is 0 Å². The number of amides is 4. The number of rotatable bonds is 5. The van der Waals surface area contributed by atoms with Crippen LogP contribution in [0.15, 0.2) is 18.2 Å². The molecule has 3 heterocycles. The monoisotopic (exact) mass is 384 g/mol. The number of fused-ring (bicyclic) bond motifs is 4. The standard InChI is InChI=1S/C20H24N4O4/c1-3-4-8-24-17(26)14-12(9-13(21)25)23-20(15(14)18(24)27)11-7-5-6-10(2)16(11)22-19(20)28/h5-7,12,14-15,23H,3-4,8-9H2,1-2H3,(H2,21,25)(H,22,28). The molecule has 4 rings (SSSR count). The van der Waals surface area contributed by atoms with Gasteiger partial charge in [-0.05, 0) is 18.9 Å². The maximum absolute atomic E-state index is 13.3. The maximum Gasteiger partial charge on any atom is 0.250 e. The van der Waals surface area contributed by atoms with Gasteiger partial charge in [-0.25, -0.2) is 0 Å². The second kappa shape index (κ2) is 6.41. The van der Waals surface area contributed by atoms with Crippen molar-refractivity contribution in [1.29, 1.82) is 0 Å². The van der Waals surface area contributed by atoms with Crippen LogP contribution in [0, 0.1) is 18.8 Å². The first-order valence-corrected chi connectivity index (χ1v) is 9.65. The average Bonchev–Trinajstić information content (AvgIpc) is 3.20. The molecule has 28 heavy (non-hydrogen) atoms. The number of carbonyl (C=O) groups is 4. The highest BCUT2D eigenvalue weighted by atomic mass is 16.2. The molecule has 4 unspecified atom stereocenters. The quantitative estimate of drug-likeness (QED) is 0.634. The summed E-state index contributed by atoms with van der Waals surface area (Å²) in [5.74, 6) is -3.29. The molecule has 0 radical (unpaired) electrons. The van der Waals surface area contributed by atoms with Crippen LogP contribution in [-0.4, -0.2) is 41.1 Å². The minimum atomic E-state index is -1.36. The van der Waals surface area contributed by atoms with E-state index in [0.29, 0.717) is 24.2 Å². The fourth-order valence-electron chi connectivity index (χ4n) is 4.96. The molecule has 1 aromatic rings. The van der Waals surface area contributed by atoms with E-state index < -0.39 is 29.3 Å². The number of anilines is 1. The predicted octanol–water partition coefficient (Wildman–Crippen LogP) is 0.391. The fourth-order valence-corrected chi connectivity index (χ4v) is 4.96. The van der Waals surface area contributed by atoms with Gasteiger partial charge >= 0.3 is 0 Å². The van der Waals surface area contributed by atoms with E-state index in [9.17, 15) is 19.2 Å².